The van der Waals surface area contributed by atoms with E-state index in [1.54, 1.807) is 34.9 Å². The number of hydrogen-bond acceptors (Lipinski definition) is 4. The Kier molecular flexibility index (Phi) is 3.51. The van der Waals surface area contributed by atoms with Gasteiger partial charge in [0.1, 0.15) is 5.75 Å². The lowest BCUT2D eigenvalue weighted by atomic mass is 10.2. The average molecular weight is 282 g/mol. The Morgan fingerprint density at radius 3 is 2.76 bits per heavy atom. The molecule has 1 aromatic carbocycles. The summed E-state index contributed by atoms with van der Waals surface area (Å²) < 4.78 is 7.06. The predicted molar refractivity (Wildman–Crippen MR) is 78.6 cm³/mol. The summed E-state index contributed by atoms with van der Waals surface area (Å²) in [5, 5.41) is 10.7. The summed E-state index contributed by atoms with van der Waals surface area (Å²) in [7, 11) is 0. The maximum atomic E-state index is 12.2. The molecule has 6 heteroatoms. The maximum absolute atomic E-state index is 12.2. The Labute approximate surface area is 121 Å². The van der Waals surface area contributed by atoms with Crippen molar-refractivity contribution in [2.75, 3.05) is 11.9 Å². The molecule has 21 heavy (non-hydrogen) atoms. The quantitative estimate of drug-likeness (QED) is 0.797. The first-order valence-corrected chi connectivity index (χ1v) is 6.62. The molecule has 3 aromatic rings. The van der Waals surface area contributed by atoms with Crippen molar-refractivity contribution < 1.29 is 9.53 Å². The number of carbonyl (C=O) groups excluding carboxylic acids is 1. The summed E-state index contributed by atoms with van der Waals surface area (Å²) >= 11 is 0. The van der Waals surface area contributed by atoms with E-state index in [0.717, 1.165) is 5.75 Å². The van der Waals surface area contributed by atoms with E-state index in [4.69, 9.17) is 4.74 Å². The van der Waals surface area contributed by atoms with Crippen LogP contribution in [0.15, 0.2) is 48.7 Å². The fraction of sp³-hybridized carbons (Fsp3) is 0.133. The van der Waals surface area contributed by atoms with Crippen LogP contribution in [-0.2, 0) is 0 Å². The van der Waals surface area contributed by atoms with Gasteiger partial charge < -0.3 is 4.74 Å². The van der Waals surface area contributed by atoms with Crippen LogP contribution in [0.2, 0.25) is 0 Å². The van der Waals surface area contributed by atoms with Crippen molar-refractivity contribution in [3.05, 3.63) is 54.2 Å². The average Bonchev–Trinajstić information content (AvgIpc) is 2.92. The molecule has 0 radical (unpaired) electrons. The summed E-state index contributed by atoms with van der Waals surface area (Å²) in [5.74, 6) is 0.891. The second-order valence-electron chi connectivity index (χ2n) is 4.36. The molecular formula is C15H14N4O2. The molecule has 0 saturated carbocycles. The zero-order valence-electron chi connectivity index (χ0n) is 11.5. The van der Waals surface area contributed by atoms with Crippen LogP contribution < -0.4 is 10.1 Å². The molecule has 2 heterocycles. The van der Waals surface area contributed by atoms with E-state index in [1.807, 2.05) is 25.1 Å². The van der Waals surface area contributed by atoms with E-state index in [0.29, 0.717) is 23.8 Å². The molecule has 0 aliphatic carbocycles. The third kappa shape index (κ3) is 2.69. The molecule has 6 nitrogen and oxygen atoms in total. The number of pyridine rings is 1. The number of aromatic nitrogens is 3. The highest BCUT2D eigenvalue weighted by Crippen LogP contribution is 2.14. The van der Waals surface area contributed by atoms with Crippen LogP contribution in [0.3, 0.4) is 0 Å². The number of benzene rings is 1. The smallest absolute Gasteiger partial charge is 0.258 e. The number of nitrogens with zero attached hydrogens (tertiary/aromatic N) is 3. The monoisotopic (exact) mass is 282 g/mol. The van der Waals surface area contributed by atoms with Crippen molar-refractivity contribution in [2.24, 2.45) is 0 Å². The molecule has 0 aliphatic heterocycles. The highest BCUT2D eigenvalue weighted by Gasteiger charge is 2.10. The fourth-order valence-corrected chi connectivity index (χ4v) is 1.97. The van der Waals surface area contributed by atoms with E-state index in [-0.39, 0.29) is 5.91 Å². The zero-order chi connectivity index (χ0) is 14.7. The Morgan fingerprint density at radius 2 is 2.00 bits per heavy atom. The topological polar surface area (TPSA) is 68.5 Å². The van der Waals surface area contributed by atoms with E-state index in [1.165, 1.54) is 0 Å². The van der Waals surface area contributed by atoms with Gasteiger partial charge >= 0.3 is 0 Å². The Balaban J connectivity index is 1.79. The summed E-state index contributed by atoms with van der Waals surface area (Å²) in [4.78, 5) is 12.2. The van der Waals surface area contributed by atoms with Crippen molar-refractivity contribution in [2.45, 2.75) is 6.92 Å². The van der Waals surface area contributed by atoms with Crippen molar-refractivity contribution in [3.8, 4) is 5.75 Å². The van der Waals surface area contributed by atoms with Gasteiger partial charge in [-0.1, -0.05) is 6.07 Å². The maximum Gasteiger partial charge on any atom is 0.258 e. The lowest BCUT2D eigenvalue weighted by Crippen LogP contribution is -2.14. The number of fused-ring (bicyclic) bond motifs is 1. The van der Waals surface area contributed by atoms with Gasteiger partial charge in [0.2, 0.25) is 5.95 Å². The van der Waals surface area contributed by atoms with Gasteiger partial charge in [0, 0.05) is 11.8 Å². The van der Waals surface area contributed by atoms with Crippen LogP contribution >= 0.6 is 0 Å². The molecule has 3 rings (SSSR count). The number of anilines is 1. The molecule has 1 amide bonds. The minimum absolute atomic E-state index is 0.240. The molecule has 0 saturated heterocycles. The summed E-state index contributed by atoms with van der Waals surface area (Å²) in [6.45, 7) is 2.51. The van der Waals surface area contributed by atoms with Gasteiger partial charge in [0.05, 0.1) is 6.61 Å². The highest BCUT2D eigenvalue weighted by molar-refractivity contribution is 6.03. The second-order valence-corrected chi connectivity index (χ2v) is 4.36. The minimum atomic E-state index is -0.240. The largest absolute Gasteiger partial charge is 0.494 e. The van der Waals surface area contributed by atoms with Gasteiger partial charge in [0.25, 0.3) is 5.91 Å². The number of amides is 1. The molecular weight excluding hydrogens is 268 g/mol. The normalized spacial score (nSPS) is 10.5. The van der Waals surface area contributed by atoms with Gasteiger partial charge in [0.15, 0.2) is 5.65 Å². The van der Waals surface area contributed by atoms with E-state index in [2.05, 4.69) is 15.5 Å². The number of hydrogen-bond donors (Lipinski definition) is 1. The van der Waals surface area contributed by atoms with Crippen molar-refractivity contribution in [1.29, 1.82) is 0 Å². The van der Waals surface area contributed by atoms with Gasteiger partial charge in [-0.15, -0.1) is 10.2 Å². The Hall–Kier alpha value is -2.89. The van der Waals surface area contributed by atoms with Crippen LogP contribution in [0.4, 0.5) is 5.95 Å². The Bertz CT molecular complexity index is 765. The van der Waals surface area contributed by atoms with Gasteiger partial charge in [-0.2, -0.15) is 0 Å². The van der Waals surface area contributed by atoms with E-state index in [9.17, 15) is 4.79 Å². The molecule has 1 N–H and O–H groups in total. The highest BCUT2D eigenvalue weighted by atomic mass is 16.5. The first-order valence-electron chi connectivity index (χ1n) is 6.62. The molecule has 0 spiro atoms. The predicted octanol–water partition coefficient (Wildman–Crippen LogP) is 2.38. The van der Waals surface area contributed by atoms with E-state index < -0.39 is 0 Å². The lowest BCUT2D eigenvalue weighted by Gasteiger charge is -2.05. The number of nitrogens with one attached hydrogen (secondary N) is 1. The lowest BCUT2D eigenvalue weighted by molar-refractivity contribution is 0.102. The molecule has 0 atom stereocenters. The van der Waals surface area contributed by atoms with Crippen molar-refractivity contribution >= 4 is 17.5 Å². The first-order chi connectivity index (χ1) is 10.3. The van der Waals surface area contributed by atoms with Crippen LogP contribution in [0.5, 0.6) is 5.75 Å². The molecule has 0 bridgehead atoms. The summed E-state index contributed by atoms with van der Waals surface area (Å²) in [6, 6.07) is 12.5. The summed E-state index contributed by atoms with van der Waals surface area (Å²) in [5.41, 5.74) is 1.21. The van der Waals surface area contributed by atoms with Crippen molar-refractivity contribution in [3.63, 3.8) is 0 Å². The van der Waals surface area contributed by atoms with Crippen LogP contribution in [-0.4, -0.2) is 27.1 Å². The third-order valence-electron chi connectivity index (χ3n) is 2.97. The zero-order valence-corrected chi connectivity index (χ0v) is 11.5. The molecule has 0 fully saturated rings. The third-order valence-corrected chi connectivity index (χ3v) is 2.97. The van der Waals surface area contributed by atoms with Crippen LogP contribution in [0.25, 0.3) is 5.65 Å². The van der Waals surface area contributed by atoms with Gasteiger partial charge in [-0.25, -0.2) is 0 Å². The number of ether oxygens (including phenoxy) is 1. The van der Waals surface area contributed by atoms with E-state index >= 15 is 0 Å². The summed E-state index contributed by atoms with van der Waals surface area (Å²) in [6.07, 6.45) is 1.79. The number of rotatable bonds is 4. The standard InChI is InChI=1S/C15H14N4O2/c1-2-21-12-8-6-11(7-9-12)14(20)16-15-18-17-13-5-3-4-10-19(13)15/h3-10H,2H2,1H3,(H,16,18,20). The van der Waals surface area contributed by atoms with Gasteiger partial charge in [-0.3, -0.25) is 14.5 Å². The molecule has 0 aliphatic rings. The van der Waals surface area contributed by atoms with Gasteiger partial charge in [-0.05, 0) is 43.3 Å². The van der Waals surface area contributed by atoms with Crippen LogP contribution in [0.1, 0.15) is 17.3 Å². The molecule has 0 unspecified atom stereocenters. The molecule has 2 aromatic heterocycles. The molecule has 106 valence electrons. The second kappa shape index (κ2) is 5.62. The number of carbonyl (C=O) groups is 1. The Morgan fingerprint density at radius 1 is 1.19 bits per heavy atom. The van der Waals surface area contributed by atoms with Crippen LogP contribution in [0, 0.1) is 0 Å². The SMILES string of the molecule is CCOc1ccc(C(=O)Nc2nnc3ccccn23)cc1. The minimum Gasteiger partial charge on any atom is -0.494 e. The fourth-order valence-electron chi connectivity index (χ4n) is 1.97. The first kappa shape index (κ1) is 13.1. The van der Waals surface area contributed by atoms with Crippen molar-refractivity contribution in [1.82, 2.24) is 14.6 Å².